The lowest BCUT2D eigenvalue weighted by atomic mass is 10.1. The fraction of sp³-hybridized carbons (Fsp3) is 0.409. The Morgan fingerprint density at radius 2 is 1.90 bits per heavy atom. The summed E-state index contributed by atoms with van der Waals surface area (Å²) in [4.78, 5) is 14.9. The predicted octanol–water partition coefficient (Wildman–Crippen LogP) is 3.73. The van der Waals surface area contributed by atoms with Crippen LogP contribution in [0.4, 0.5) is 5.69 Å². The Labute approximate surface area is 176 Å². The zero-order valence-electron chi connectivity index (χ0n) is 16.7. The number of rotatable bonds is 8. The molecule has 0 bridgehead atoms. The third-order valence-electron chi connectivity index (χ3n) is 5.06. The number of hydrogen-bond donors (Lipinski definition) is 2. The number of amides is 1. The van der Waals surface area contributed by atoms with Crippen LogP contribution >= 0.6 is 11.6 Å². The number of nitrogens with one attached hydrogen (secondary N) is 1. The summed E-state index contributed by atoms with van der Waals surface area (Å²) in [5, 5.41) is 3.20. The zero-order valence-corrected chi connectivity index (χ0v) is 17.5. The average Bonchev–Trinajstić information content (AvgIpc) is 2.75. The fourth-order valence-electron chi connectivity index (χ4n) is 3.37. The van der Waals surface area contributed by atoms with Gasteiger partial charge in [-0.2, -0.15) is 0 Å². The number of nitrogens with two attached hydrogens (primary N) is 1. The number of methoxy groups -OCH3 is 1. The SMILES string of the molecule is COc1cc(N)c(Cl)cc1C(=O)NCc1ccc(OCCN2CCCCC2)cc1. The summed E-state index contributed by atoms with van der Waals surface area (Å²) in [6.07, 6.45) is 3.91. The van der Waals surface area contributed by atoms with Crippen molar-refractivity contribution in [2.75, 3.05) is 39.1 Å². The minimum atomic E-state index is -0.273. The first-order valence-electron chi connectivity index (χ1n) is 9.92. The first kappa shape index (κ1) is 21.3. The quantitative estimate of drug-likeness (QED) is 0.640. The number of benzene rings is 2. The van der Waals surface area contributed by atoms with Crippen molar-refractivity contribution in [1.29, 1.82) is 0 Å². The van der Waals surface area contributed by atoms with Crippen molar-refractivity contribution >= 4 is 23.2 Å². The van der Waals surface area contributed by atoms with Gasteiger partial charge in [-0.15, -0.1) is 0 Å². The predicted molar refractivity (Wildman–Crippen MR) is 116 cm³/mol. The van der Waals surface area contributed by atoms with Gasteiger partial charge in [0.2, 0.25) is 0 Å². The van der Waals surface area contributed by atoms with Crippen LogP contribution in [0.1, 0.15) is 35.2 Å². The normalized spacial score (nSPS) is 14.4. The molecular formula is C22H28ClN3O3. The van der Waals surface area contributed by atoms with Crippen molar-refractivity contribution in [3.05, 3.63) is 52.5 Å². The molecule has 0 unspecified atom stereocenters. The van der Waals surface area contributed by atoms with E-state index in [9.17, 15) is 4.79 Å². The van der Waals surface area contributed by atoms with Crippen molar-refractivity contribution in [3.8, 4) is 11.5 Å². The van der Waals surface area contributed by atoms with E-state index >= 15 is 0 Å². The molecule has 1 aliphatic heterocycles. The molecule has 1 aliphatic rings. The van der Waals surface area contributed by atoms with Crippen LogP contribution in [0.5, 0.6) is 11.5 Å². The van der Waals surface area contributed by atoms with E-state index in [0.717, 1.165) is 17.9 Å². The molecule has 156 valence electrons. The third kappa shape index (κ3) is 6.02. The van der Waals surface area contributed by atoms with Crippen LogP contribution in [-0.2, 0) is 6.54 Å². The molecule has 2 aromatic carbocycles. The molecule has 0 spiro atoms. The highest BCUT2D eigenvalue weighted by Crippen LogP contribution is 2.28. The van der Waals surface area contributed by atoms with Gasteiger partial charge >= 0.3 is 0 Å². The second-order valence-corrected chi connectivity index (χ2v) is 7.56. The Bertz CT molecular complexity index is 821. The summed E-state index contributed by atoms with van der Waals surface area (Å²) in [7, 11) is 1.49. The molecule has 2 aromatic rings. The number of nitrogen functional groups attached to an aromatic ring is 1. The maximum absolute atomic E-state index is 12.5. The van der Waals surface area contributed by atoms with E-state index in [0.29, 0.717) is 35.2 Å². The molecule has 1 amide bonds. The molecule has 0 atom stereocenters. The average molecular weight is 418 g/mol. The van der Waals surface area contributed by atoms with Gasteiger partial charge in [0.15, 0.2) is 0 Å². The van der Waals surface area contributed by atoms with Crippen molar-refractivity contribution < 1.29 is 14.3 Å². The number of likely N-dealkylation sites (tertiary alicyclic amines) is 1. The van der Waals surface area contributed by atoms with Gasteiger partial charge in [-0.25, -0.2) is 0 Å². The Morgan fingerprint density at radius 1 is 1.17 bits per heavy atom. The standard InChI is InChI=1S/C22H28ClN3O3/c1-28-21-14-20(24)19(23)13-18(21)22(27)25-15-16-5-7-17(8-6-16)29-12-11-26-9-3-2-4-10-26/h5-8,13-14H,2-4,9-12,15,24H2,1H3,(H,25,27). The number of carbonyl (C=O) groups is 1. The van der Waals surface area contributed by atoms with Crippen molar-refractivity contribution in [3.63, 3.8) is 0 Å². The van der Waals surface area contributed by atoms with E-state index in [2.05, 4.69) is 10.2 Å². The van der Waals surface area contributed by atoms with Crippen LogP contribution in [0, 0.1) is 0 Å². The first-order valence-corrected chi connectivity index (χ1v) is 10.3. The first-order chi connectivity index (χ1) is 14.1. The number of piperidine rings is 1. The summed E-state index contributed by atoms with van der Waals surface area (Å²) in [6.45, 7) is 4.38. The number of hydrogen-bond acceptors (Lipinski definition) is 5. The van der Waals surface area contributed by atoms with Gasteiger partial charge in [-0.1, -0.05) is 30.2 Å². The molecule has 0 aliphatic carbocycles. The van der Waals surface area contributed by atoms with Gasteiger partial charge in [0.25, 0.3) is 5.91 Å². The highest BCUT2D eigenvalue weighted by atomic mass is 35.5. The van der Waals surface area contributed by atoms with E-state index in [4.69, 9.17) is 26.8 Å². The molecule has 29 heavy (non-hydrogen) atoms. The Balaban J connectivity index is 1.48. The maximum atomic E-state index is 12.5. The molecule has 1 heterocycles. The molecule has 7 heteroatoms. The van der Waals surface area contributed by atoms with Crippen LogP contribution in [0.15, 0.2) is 36.4 Å². The lowest BCUT2D eigenvalue weighted by Gasteiger charge is -2.26. The molecule has 3 rings (SSSR count). The number of anilines is 1. The van der Waals surface area contributed by atoms with E-state index in [1.807, 2.05) is 24.3 Å². The molecule has 6 nitrogen and oxygen atoms in total. The van der Waals surface area contributed by atoms with Gasteiger partial charge < -0.3 is 20.5 Å². The van der Waals surface area contributed by atoms with E-state index < -0.39 is 0 Å². The summed E-state index contributed by atoms with van der Waals surface area (Å²) < 4.78 is 11.1. The molecule has 0 aromatic heterocycles. The van der Waals surface area contributed by atoms with E-state index in [-0.39, 0.29) is 5.91 Å². The summed E-state index contributed by atoms with van der Waals surface area (Å²) in [5.74, 6) is 0.955. The van der Waals surface area contributed by atoms with Crippen LogP contribution in [0.2, 0.25) is 5.02 Å². The van der Waals surface area contributed by atoms with Crippen molar-refractivity contribution in [2.45, 2.75) is 25.8 Å². The number of carbonyl (C=O) groups excluding carboxylic acids is 1. The minimum absolute atomic E-state index is 0.273. The third-order valence-corrected chi connectivity index (χ3v) is 5.39. The van der Waals surface area contributed by atoms with E-state index in [1.165, 1.54) is 45.5 Å². The van der Waals surface area contributed by atoms with E-state index in [1.54, 1.807) is 6.07 Å². The smallest absolute Gasteiger partial charge is 0.255 e. The minimum Gasteiger partial charge on any atom is -0.496 e. The lowest BCUT2D eigenvalue weighted by molar-refractivity contribution is 0.0948. The van der Waals surface area contributed by atoms with Gasteiger partial charge in [-0.3, -0.25) is 9.69 Å². The second-order valence-electron chi connectivity index (χ2n) is 7.15. The van der Waals surface area contributed by atoms with Crippen molar-refractivity contribution in [2.24, 2.45) is 0 Å². The molecule has 1 saturated heterocycles. The summed E-state index contributed by atoms with van der Waals surface area (Å²) in [6, 6.07) is 10.8. The monoisotopic (exact) mass is 417 g/mol. The fourth-order valence-corrected chi connectivity index (χ4v) is 3.54. The zero-order chi connectivity index (χ0) is 20.6. The maximum Gasteiger partial charge on any atom is 0.255 e. The summed E-state index contributed by atoms with van der Waals surface area (Å²) >= 11 is 6.04. The van der Waals surface area contributed by atoms with Crippen LogP contribution < -0.4 is 20.5 Å². The largest absolute Gasteiger partial charge is 0.496 e. The van der Waals surface area contributed by atoms with Gasteiger partial charge in [0.1, 0.15) is 18.1 Å². The lowest BCUT2D eigenvalue weighted by Crippen LogP contribution is -2.33. The summed E-state index contributed by atoms with van der Waals surface area (Å²) in [5.41, 5.74) is 7.46. The molecular weight excluding hydrogens is 390 g/mol. The molecule has 0 radical (unpaired) electrons. The van der Waals surface area contributed by atoms with Crippen LogP contribution in [-0.4, -0.2) is 44.2 Å². The molecule has 1 fully saturated rings. The number of halogens is 1. The molecule has 0 saturated carbocycles. The number of nitrogens with zero attached hydrogens (tertiary/aromatic N) is 1. The second kappa shape index (κ2) is 10.4. The molecule has 3 N–H and O–H groups in total. The van der Waals surface area contributed by atoms with Crippen molar-refractivity contribution in [1.82, 2.24) is 10.2 Å². The Hall–Kier alpha value is -2.44. The Kier molecular flexibility index (Phi) is 7.61. The van der Waals surface area contributed by atoms with Crippen LogP contribution in [0.3, 0.4) is 0 Å². The highest BCUT2D eigenvalue weighted by Gasteiger charge is 2.15. The topological polar surface area (TPSA) is 76.8 Å². The van der Waals surface area contributed by atoms with Crippen LogP contribution in [0.25, 0.3) is 0 Å². The number of ether oxygens (including phenoxy) is 2. The van der Waals surface area contributed by atoms with Gasteiger partial charge in [-0.05, 0) is 49.7 Å². The van der Waals surface area contributed by atoms with Gasteiger partial charge in [0.05, 0.1) is 23.4 Å². The van der Waals surface area contributed by atoms with Gasteiger partial charge in [0, 0.05) is 19.2 Å². The highest BCUT2D eigenvalue weighted by molar-refractivity contribution is 6.33. The Morgan fingerprint density at radius 3 is 2.59 bits per heavy atom.